The second kappa shape index (κ2) is 9.24. The van der Waals surface area contributed by atoms with Crippen LogP contribution in [0.3, 0.4) is 0 Å². The molecule has 0 spiro atoms. The van der Waals surface area contributed by atoms with Crippen molar-refractivity contribution in [2.45, 2.75) is 31.0 Å². The zero-order valence-corrected chi connectivity index (χ0v) is 19.1. The minimum atomic E-state index is -0.615. The largest absolute Gasteiger partial charge is 0.467 e. The summed E-state index contributed by atoms with van der Waals surface area (Å²) in [5, 5.41) is 5.96. The first-order valence-electron chi connectivity index (χ1n) is 10.5. The lowest BCUT2D eigenvalue weighted by molar-refractivity contribution is -0.117. The summed E-state index contributed by atoms with van der Waals surface area (Å²) >= 11 is 2.68. The molecule has 3 amide bonds. The third-order valence-electron chi connectivity index (χ3n) is 5.31. The number of urea groups is 1. The van der Waals surface area contributed by atoms with Crippen molar-refractivity contribution in [1.29, 1.82) is 0 Å². The number of hydrogen-bond donors (Lipinski definition) is 2. The Kier molecular flexibility index (Phi) is 6.01. The van der Waals surface area contributed by atoms with E-state index in [1.54, 1.807) is 28.0 Å². The lowest BCUT2D eigenvalue weighted by atomic mass is 10.2. The molecule has 3 aromatic heterocycles. The Hall–Kier alpha value is -3.37. The van der Waals surface area contributed by atoms with Crippen LogP contribution in [0, 0.1) is 0 Å². The van der Waals surface area contributed by atoms with E-state index < -0.39 is 11.9 Å². The van der Waals surface area contributed by atoms with E-state index in [1.807, 2.05) is 30.3 Å². The molecule has 0 aliphatic heterocycles. The molecule has 4 aromatic rings. The number of carbonyl (C=O) groups is 2. The van der Waals surface area contributed by atoms with Crippen LogP contribution in [0.4, 0.5) is 4.79 Å². The number of fused-ring (bicyclic) bond motifs is 3. The molecule has 0 saturated carbocycles. The fourth-order valence-corrected chi connectivity index (χ4v) is 5.96. The van der Waals surface area contributed by atoms with Gasteiger partial charge in [0.15, 0.2) is 5.16 Å². The Bertz CT molecular complexity index is 1380. The number of imide groups is 1. The third kappa shape index (κ3) is 4.44. The number of thiophene rings is 1. The molecular weight excluding hydrogens is 460 g/mol. The molecule has 8 nitrogen and oxygen atoms in total. The van der Waals surface area contributed by atoms with Crippen molar-refractivity contribution >= 4 is 45.3 Å². The van der Waals surface area contributed by atoms with Gasteiger partial charge in [-0.2, -0.15) is 0 Å². The minimum Gasteiger partial charge on any atom is -0.467 e. The fourth-order valence-electron chi connectivity index (χ4n) is 3.84. The lowest BCUT2D eigenvalue weighted by Crippen LogP contribution is -2.40. The van der Waals surface area contributed by atoms with E-state index in [2.05, 4.69) is 10.6 Å². The molecule has 0 unspecified atom stereocenters. The van der Waals surface area contributed by atoms with E-state index in [0.717, 1.165) is 36.6 Å². The van der Waals surface area contributed by atoms with Crippen LogP contribution in [0.2, 0.25) is 0 Å². The van der Waals surface area contributed by atoms with Crippen LogP contribution in [0.5, 0.6) is 0 Å². The van der Waals surface area contributed by atoms with Gasteiger partial charge in [-0.1, -0.05) is 30.0 Å². The van der Waals surface area contributed by atoms with Crippen LogP contribution in [0.1, 0.15) is 22.6 Å². The number of furan rings is 1. The predicted octanol–water partition coefficient (Wildman–Crippen LogP) is 3.65. The summed E-state index contributed by atoms with van der Waals surface area (Å²) in [5.41, 5.74) is 1.68. The Labute approximate surface area is 197 Å². The molecule has 5 rings (SSSR count). The van der Waals surface area contributed by atoms with Crippen molar-refractivity contribution < 1.29 is 14.0 Å². The standard InChI is InChI=1S/C23H20N4O4S2/c28-18(25-22(30)24-12-15-8-5-11-31-15)13-32-23-26-20-19(16-9-4-10-17(16)33-20)21(29)27(23)14-6-2-1-3-7-14/h1-3,5-8,11H,4,9-10,12-13H2,(H2,24,25,28,30). The van der Waals surface area contributed by atoms with Gasteiger partial charge in [0, 0.05) is 4.88 Å². The number of amides is 3. The number of aryl methyl sites for hydroxylation is 2. The molecule has 33 heavy (non-hydrogen) atoms. The molecule has 0 atom stereocenters. The Morgan fingerprint density at radius 1 is 1.15 bits per heavy atom. The number of benzene rings is 1. The van der Waals surface area contributed by atoms with E-state index in [0.29, 0.717) is 26.8 Å². The molecule has 168 valence electrons. The number of hydrogen-bond acceptors (Lipinski definition) is 7. The third-order valence-corrected chi connectivity index (χ3v) is 7.44. The second-order valence-electron chi connectivity index (χ2n) is 7.51. The molecule has 0 bridgehead atoms. The Balaban J connectivity index is 1.36. The van der Waals surface area contributed by atoms with Gasteiger partial charge in [-0.3, -0.25) is 19.5 Å². The van der Waals surface area contributed by atoms with Crippen LogP contribution < -0.4 is 16.2 Å². The van der Waals surface area contributed by atoms with Crippen LogP contribution in [-0.2, 0) is 24.2 Å². The SMILES string of the molecule is O=C(CSc1nc2sc3c(c2c(=O)n1-c1ccccc1)CCC3)NC(=O)NCc1ccco1. The highest BCUT2D eigenvalue weighted by molar-refractivity contribution is 7.99. The van der Waals surface area contributed by atoms with Gasteiger partial charge >= 0.3 is 6.03 Å². The summed E-state index contributed by atoms with van der Waals surface area (Å²) in [7, 11) is 0. The highest BCUT2D eigenvalue weighted by Crippen LogP contribution is 2.36. The predicted molar refractivity (Wildman–Crippen MR) is 127 cm³/mol. The highest BCUT2D eigenvalue weighted by Gasteiger charge is 2.24. The fraction of sp³-hybridized carbons (Fsp3) is 0.217. The molecule has 10 heteroatoms. The summed E-state index contributed by atoms with van der Waals surface area (Å²) in [6.07, 6.45) is 4.43. The summed E-state index contributed by atoms with van der Waals surface area (Å²) in [6.45, 7) is 0.175. The van der Waals surface area contributed by atoms with Crippen LogP contribution in [-0.4, -0.2) is 27.2 Å². The summed E-state index contributed by atoms with van der Waals surface area (Å²) < 4.78 is 6.71. The van der Waals surface area contributed by atoms with Crippen molar-refractivity contribution in [3.63, 3.8) is 0 Å². The van der Waals surface area contributed by atoms with Gasteiger partial charge in [-0.05, 0) is 49.1 Å². The zero-order chi connectivity index (χ0) is 22.8. The average molecular weight is 481 g/mol. The number of carbonyl (C=O) groups excluding carboxylic acids is 2. The van der Waals surface area contributed by atoms with Crippen molar-refractivity contribution in [2.24, 2.45) is 0 Å². The van der Waals surface area contributed by atoms with E-state index in [9.17, 15) is 14.4 Å². The van der Waals surface area contributed by atoms with Gasteiger partial charge in [0.05, 0.1) is 29.6 Å². The Morgan fingerprint density at radius 2 is 2.00 bits per heavy atom. The number of nitrogens with zero attached hydrogens (tertiary/aromatic N) is 2. The first-order valence-corrected chi connectivity index (χ1v) is 12.3. The van der Waals surface area contributed by atoms with E-state index in [1.165, 1.54) is 11.1 Å². The van der Waals surface area contributed by atoms with Gasteiger partial charge < -0.3 is 9.73 Å². The number of rotatable bonds is 6. The van der Waals surface area contributed by atoms with Gasteiger partial charge in [0.1, 0.15) is 10.6 Å². The maximum Gasteiger partial charge on any atom is 0.321 e. The summed E-state index contributed by atoms with van der Waals surface area (Å²) in [4.78, 5) is 44.6. The summed E-state index contributed by atoms with van der Waals surface area (Å²) in [6, 6.07) is 12.1. The monoisotopic (exact) mass is 480 g/mol. The van der Waals surface area contributed by atoms with Gasteiger partial charge in [-0.25, -0.2) is 9.78 Å². The molecule has 0 radical (unpaired) electrons. The quantitative estimate of drug-likeness (QED) is 0.322. The number of para-hydroxylation sites is 1. The van der Waals surface area contributed by atoms with Crippen molar-refractivity contribution in [3.05, 3.63) is 75.3 Å². The molecule has 0 fully saturated rings. The first-order chi connectivity index (χ1) is 16.1. The minimum absolute atomic E-state index is 0.0654. The molecule has 2 N–H and O–H groups in total. The average Bonchev–Trinajstić information content (AvgIpc) is 3.54. The van der Waals surface area contributed by atoms with Crippen molar-refractivity contribution in [2.75, 3.05) is 5.75 Å². The van der Waals surface area contributed by atoms with Gasteiger partial charge in [0.2, 0.25) is 5.91 Å². The van der Waals surface area contributed by atoms with E-state index in [-0.39, 0.29) is 17.9 Å². The molecular formula is C23H20N4O4S2. The van der Waals surface area contributed by atoms with Crippen LogP contribution in [0.25, 0.3) is 15.9 Å². The molecule has 1 aromatic carbocycles. The smallest absolute Gasteiger partial charge is 0.321 e. The molecule has 1 aliphatic carbocycles. The van der Waals surface area contributed by atoms with Crippen LogP contribution >= 0.6 is 23.1 Å². The van der Waals surface area contributed by atoms with E-state index in [4.69, 9.17) is 9.40 Å². The van der Waals surface area contributed by atoms with Crippen molar-refractivity contribution in [1.82, 2.24) is 20.2 Å². The molecule has 3 heterocycles. The normalized spacial score (nSPS) is 12.6. The highest BCUT2D eigenvalue weighted by atomic mass is 32.2. The molecule has 1 aliphatic rings. The number of aromatic nitrogens is 2. The number of thioether (sulfide) groups is 1. The first kappa shape index (κ1) is 21.5. The molecule has 0 saturated heterocycles. The lowest BCUT2D eigenvalue weighted by Gasteiger charge is -2.12. The topological polar surface area (TPSA) is 106 Å². The van der Waals surface area contributed by atoms with Crippen molar-refractivity contribution in [3.8, 4) is 5.69 Å². The number of nitrogens with one attached hydrogen (secondary N) is 2. The Morgan fingerprint density at radius 3 is 2.79 bits per heavy atom. The van der Waals surface area contributed by atoms with Crippen LogP contribution in [0.15, 0.2) is 63.1 Å². The van der Waals surface area contributed by atoms with Gasteiger partial charge in [-0.15, -0.1) is 11.3 Å². The van der Waals surface area contributed by atoms with E-state index >= 15 is 0 Å². The maximum absolute atomic E-state index is 13.5. The maximum atomic E-state index is 13.5. The summed E-state index contributed by atoms with van der Waals surface area (Å²) in [5.74, 6) is 0.0307. The zero-order valence-electron chi connectivity index (χ0n) is 17.5. The van der Waals surface area contributed by atoms with Gasteiger partial charge in [0.25, 0.3) is 5.56 Å². The second-order valence-corrected chi connectivity index (χ2v) is 9.53.